The zero-order chi connectivity index (χ0) is 19.7. The summed E-state index contributed by atoms with van der Waals surface area (Å²) in [5.41, 5.74) is 3.77. The highest BCUT2D eigenvalue weighted by atomic mass is 35.5. The molecule has 0 aliphatic carbocycles. The van der Waals surface area contributed by atoms with E-state index in [-0.39, 0.29) is 5.91 Å². The summed E-state index contributed by atoms with van der Waals surface area (Å²) in [6.07, 6.45) is 1.80. The summed E-state index contributed by atoms with van der Waals surface area (Å²) in [5.74, 6) is 1.06. The maximum Gasteiger partial charge on any atom is 0.255 e. The number of benzene rings is 1. The molecule has 6 heteroatoms. The summed E-state index contributed by atoms with van der Waals surface area (Å²) in [6, 6.07) is 15.6. The van der Waals surface area contributed by atoms with E-state index in [0.717, 1.165) is 41.5 Å². The zero-order valence-corrected chi connectivity index (χ0v) is 16.9. The standard InChI is InChI=1S/C22H23ClN4O/c1-16-15-20(17(2)27(16)19-8-6-18(23)7-9-19)22(28)26-13-11-25(12-14-26)21-5-3-4-10-24-21/h3-10,15H,11-14H2,1-2H3. The van der Waals surface area contributed by atoms with Gasteiger partial charge in [0.1, 0.15) is 5.82 Å². The number of anilines is 1. The molecule has 144 valence electrons. The van der Waals surface area contributed by atoms with Gasteiger partial charge in [0.25, 0.3) is 5.91 Å². The van der Waals surface area contributed by atoms with Gasteiger partial charge in [-0.05, 0) is 56.3 Å². The quantitative estimate of drug-likeness (QED) is 0.671. The van der Waals surface area contributed by atoms with Crippen molar-refractivity contribution < 1.29 is 4.79 Å². The van der Waals surface area contributed by atoms with Crippen LogP contribution >= 0.6 is 11.6 Å². The van der Waals surface area contributed by atoms with E-state index in [1.165, 1.54) is 0 Å². The second kappa shape index (κ2) is 7.68. The van der Waals surface area contributed by atoms with E-state index in [1.54, 1.807) is 6.20 Å². The molecule has 0 N–H and O–H groups in total. The molecule has 0 radical (unpaired) electrons. The fraction of sp³-hybridized carbons (Fsp3) is 0.273. The molecule has 4 rings (SSSR count). The minimum absolute atomic E-state index is 0.0917. The molecule has 1 aromatic carbocycles. The zero-order valence-electron chi connectivity index (χ0n) is 16.1. The van der Waals surface area contributed by atoms with Gasteiger partial charge >= 0.3 is 0 Å². The van der Waals surface area contributed by atoms with Gasteiger partial charge in [0.2, 0.25) is 0 Å². The van der Waals surface area contributed by atoms with E-state index in [0.29, 0.717) is 18.1 Å². The summed E-state index contributed by atoms with van der Waals surface area (Å²) >= 11 is 6.01. The molecule has 0 unspecified atom stereocenters. The Morgan fingerprint density at radius 3 is 2.36 bits per heavy atom. The van der Waals surface area contributed by atoms with Gasteiger partial charge in [-0.2, -0.15) is 0 Å². The average molecular weight is 395 g/mol. The minimum atomic E-state index is 0.0917. The van der Waals surface area contributed by atoms with E-state index in [2.05, 4.69) is 14.5 Å². The number of piperazine rings is 1. The van der Waals surface area contributed by atoms with Crippen LogP contribution in [0.4, 0.5) is 5.82 Å². The maximum absolute atomic E-state index is 13.2. The molecular weight excluding hydrogens is 372 g/mol. The number of amides is 1. The van der Waals surface area contributed by atoms with E-state index in [4.69, 9.17) is 11.6 Å². The number of hydrogen-bond acceptors (Lipinski definition) is 3. The molecule has 1 saturated heterocycles. The van der Waals surface area contributed by atoms with Gasteiger partial charge in [-0.3, -0.25) is 4.79 Å². The lowest BCUT2D eigenvalue weighted by Gasteiger charge is -2.35. The lowest BCUT2D eigenvalue weighted by molar-refractivity contribution is 0.0746. The van der Waals surface area contributed by atoms with E-state index in [1.807, 2.05) is 67.3 Å². The Morgan fingerprint density at radius 1 is 1.00 bits per heavy atom. The van der Waals surface area contributed by atoms with Gasteiger partial charge in [-0.15, -0.1) is 0 Å². The van der Waals surface area contributed by atoms with Gasteiger partial charge in [0.15, 0.2) is 0 Å². The molecule has 1 aliphatic heterocycles. The van der Waals surface area contributed by atoms with Crippen molar-refractivity contribution in [2.75, 3.05) is 31.1 Å². The normalized spacial score (nSPS) is 14.4. The molecule has 1 fully saturated rings. The number of pyridine rings is 1. The molecule has 3 heterocycles. The van der Waals surface area contributed by atoms with Gasteiger partial charge in [-0.1, -0.05) is 17.7 Å². The molecular formula is C22H23ClN4O. The van der Waals surface area contributed by atoms with Crippen molar-refractivity contribution >= 4 is 23.3 Å². The van der Waals surface area contributed by atoms with Crippen LogP contribution in [0.1, 0.15) is 21.7 Å². The lowest BCUT2D eigenvalue weighted by Crippen LogP contribution is -2.49. The molecule has 1 aliphatic rings. The second-order valence-electron chi connectivity index (χ2n) is 7.06. The molecule has 1 amide bonds. The van der Waals surface area contributed by atoms with Crippen molar-refractivity contribution in [3.8, 4) is 5.69 Å². The van der Waals surface area contributed by atoms with E-state index in [9.17, 15) is 4.79 Å². The van der Waals surface area contributed by atoms with Crippen LogP contribution in [0.3, 0.4) is 0 Å². The number of carbonyl (C=O) groups excluding carboxylic acids is 1. The fourth-order valence-electron chi connectivity index (χ4n) is 3.82. The number of carbonyl (C=O) groups is 1. The van der Waals surface area contributed by atoms with Gasteiger partial charge in [0, 0.05) is 54.5 Å². The van der Waals surface area contributed by atoms with Crippen LogP contribution in [-0.4, -0.2) is 46.5 Å². The Hall–Kier alpha value is -2.79. The highest BCUT2D eigenvalue weighted by molar-refractivity contribution is 6.30. The number of hydrogen-bond donors (Lipinski definition) is 0. The Bertz CT molecular complexity index is 974. The number of aryl methyl sites for hydroxylation is 1. The van der Waals surface area contributed by atoms with E-state index >= 15 is 0 Å². The minimum Gasteiger partial charge on any atom is -0.353 e. The first-order chi connectivity index (χ1) is 13.5. The first-order valence-electron chi connectivity index (χ1n) is 9.45. The first kappa shape index (κ1) is 18.6. The molecule has 28 heavy (non-hydrogen) atoms. The van der Waals surface area contributed by atoms with Crippen molar-refractivity contribution in [1.29, 1.82) is 0 Å². The fourth-order valence-corrected chi connectivity index (χ4v) is 3.94. The Morgan fingerprint density at radius 2 is 1.71 bits per heavy atom. The van der Waals surface area contributed by atoms with Crippen molar-refractivity contribution in [2.45, 2.75) is 13.8 Å². The van der Waals surface area contributed by atoms with Crippen LogP contribution in [0.5, 0.6) is 0 Å². The average Bonchev–Trinajstić information content (AvgIpc) is 3.03. The highest BCUT2D eigenvalue weighted by Crippen LogP contribution is 2.24. The van der Waals surface area contributed by atoms with Crippen molar-refractivity contribution in [3.05, 3.63) is 76.7 Å². The first-order valence-corrected chi connectivity index (χ1v) is 9.82. The third-order valence-corrected chi connectivity index (χ3v) is 5.54. The Balaban J connectivity index is 1.52. The number of halogens is 1. The second-order valence-corrected chi connectivity index (χ2v) is 7.50. The summed E-state index contributed by atoms with van der Waals surface area (Å²) in [6.45, 7) is 6.99. The summed E-state index contributed by atoms with van der Waals surface area (Å²) in [5, 5.41) is 0.702. The van der Waals surface area contributed by atoms with Crippen molar-refractivity contribution in [1.82, 2.24) is 14.5 Å². The smallest absolute Gasteiger partial charge is 0.255 e. The molecule has 0 bridgehead atoms. The van der Waals surface area contributed by atoms with Crippen LogP contribution in [-0.2, 0) is 0 Å². The van der Waals surface area contributed by atoms with Crippen LogP contribution in [0.25, 0.3) is 5.69 Å². The SMILES string of the molecule is Cc1cc(C(=O)N2CCN(c3ccccn3)CC2)c(C)n1-c1ccc(Cl)cc1. The third kappa shape index (κ3) is 3.50. The number of nitrogens with zero attached hydrogens (tertiary/aromatic N) is 4. The molecule has 3 aromatic rings. The molecule has 0 saturated carbocycles. The summed E-state index contributed by atoms with van der Waals surface area (Å²) in [7, 11) is 0. The van der Waals surface area contributed by atoms with E-state index < -0.39 is 0 Å². The predicted molar refractivity (Wildman–Crippen MR) is 113 cm³/mol. The Kier molecular flexibility index (Phi) is 5.09. The Labute approximate surface area is 170 Å². The maximum atomic E-state index is 13.2. The monoisotopic (exact) mass is 394 g/mol. The van der Waals surface area contributed by atoms with Crippen LogP contribution < -0.4 is 4.90 Å². The van der Waals surface area contributed by atoms with Crippen LogP contribution in [0.2, 0.25) is 5.02 Å². The van der Waals surface area contributed by atoms with Crippen LogP contribution in [0.15, 0.2) is 54.7 Å². The summed E-state index contributed by atoms with van der Waals surface area (Å²) in [4.78, 5) is 21.7. The largest absolute Gasteiger partial charge is 0.353 e. The number of rotatable bonds is 3. The van der Waals surface area contributed by atoms with Gasteiger partial charge < -0.3 is 14.4 Å². The third-order valence-electron chi connectivity index (χ3n) is 5.29. The molecule has 2 aromatic heterocycles. The van der Waals surface area contributed by atoms with Crippen LogP contribution in [0, 0.1) is 13.8 Å². The molecule has 5 nitrogen and oxygen atoms in total. The molecule has 0 atom stereocenters. The van der Waals surface area contributed by atoms with Crippen molar-refractivity contribution in [3.63, 3.8) is 0 Å². The van der Waals surface area contributed by atoms with Gasteiger partial charge in [0.05, 0.1) is 5.56 Å². The lowest BCUT2D eigenvalue weighted by atomic mass is 10.2. The van der Waals surface area contributed by atoms with Crippen molar-refractivity contribution in [2.24, 2.45) is 0 Å². The summed E-state index contributed by atoms with van der Waals surface area (Å²) < 4.78 is 2.10. The molecule has 0 spiro atoms. The number of aromatic nitrogens is 2. The predicted octanol–water partition coefficient (Wildman–Crippen LogP) is 4.10. The topological polar surface area (TPSA) is 41.4 Å². The highest BCUT2D eigenvalue weighted by Gasteiger charge is 2.25. The van der Waals surface area contributed by atoms with Gasteiger partial charge in [-0.25, -0.2) is 4.98 Å².